The summed E-state index contributed by atoms with van der Waals surface area (Å²) < 4.78 is 10.1. The first-order valence-electron chi connectivity index (χ1n) is 4.09. The van der Waals surface area contributed by atoms with Gasteiger partial charge in [0.25, 0.3) is 0 Å². The van der Waals surface area contributed by atoms with E-state index in [2.05, 4.69) is 5.32 Å². The summed E-state index contributed by atoms with van der Waals surface area (Å²) in [5, 5.41) is 10.4. The molecule has 0 aromatic carbocycles. The molecular formula is C7H16N2O4. The summed E-state index contributed by atoms with van der Waals surface area (Å²) >= 11 is 0. The van der Waals surface area contributed by atoms with Gasteiger partial charge in [-0.3, -0.25) is 0 Å². The normalized spacial score (nSPS) is 9.92. The van der Waals surface area contributed by atoms with Crippen LogP contribution < -0.4 is 11.1 Å². The third kappa shape index (κ3) is 11.1. The summed E-state index contributed by atoms with van der Waals surface area (Å²) in [4.78, 5) is 9.97. The molecule has 78 valence electrons. The maximum atomic E-state index is 9.97. The Bertz CT molecular complexity index is 132. The first-order chi connectivity index (χ1) is 6.27. The van der Waals surface area contributed by atoms with Gasteiger partial charge < -0.3 is 25.6 Å². The van der Waals surface area contributed by atoms with Gasteiger partial charge in [-0.1, -0.05) is 0 Å². The van der Waals surface area contributed by atoms with Crippen LogP contribution in [0.4, 0.5) is 4.79 Å². The number of nitrogens with one attached hydrogen (secondary N) is 1. The molecule has 0 atom stereocenters. The van der Waals surface area contributed by atoms with E-state index in [1.165, 1.54) is 0 Å². The summed E-state index contributed by atoms with van der Waals surface area (Å²) in [6, 6.07) is 0. The maximum Gasteiger partial charge on any atom is 0.404 e. The third-order valence-electron chi connectivity index (χ3n) is 1.16. The van der Waals surface area contributed by atoms with Crippen molar-refractivity contribution in [2.75, 3.05) is 39.5 Å². The van der Waals surface area contributed by atoms with Gasteiger partial charge in [0.2, 0.25) is 0 Å². The van der Waals surface area contributed by atoms with E-state index < -0.39 is 6.09 Å². The van der Waals surface area contributed by atoms with Gasteiger partial charge >= 0.3 is 6.09 Å². The zero-order valence-electron chi connectivity index (χ0n) is 7.49. The predicted molar refractivity (Wildman–Crippen MR) is 46.7 cm³/mol. The summed E-state index contributed by atoms with van der Waals surface area (Å²) in [6.07, 6.45) is -1.04. The average Bonchev–Trinajstić information content (AvgIpc) is 2.09. The summed E-state index contributed by atoms with van der Waals surface area (Å²) in [5.74, 6) is 0. The Labute approximate surface area is 77.0 Å². The lowest BCUT2D eigenvalue weighted by atomic mass is 10.6. The molecule has 0 aliphatic heterocycles. The largest absolute Gasteiger partial charge is 0.465 e. The molecule has 0 saturated carbocycles. The topological polar surface area (TPSA) is 93.8 Å². The Kier molecular flexibility index (Phi) is 8.64. The van der Waals surface area contributed by atoms with Gasteiger partial charge in [0.15, 0.2) is 0 Å². The zero-order chi connectivity index (χ0) is 9.94. The van der Waals surface area contributed by atoms with Crippen molar-refractivity contribution < 1.29 is 19.4 Å². The van der Waals surface area contributed by atoms with Crippen LogP contribution in [0.1, 0.15) is 0 Å². The average molecular weight is 192 g/mol. The molecule has 0 spiro atoms. The van der Waals surface area contributed by atoms with Crippen molar-refractivity contribution in [3.8, 4) is 0 Å². The van der Waals surface area contributed by atoms with Gasteiger partial charge in [0.05, 0.1) is 26.4 Å². The van der Waals surface area contributed by atoms with Crippen LogP contribution in [0.3, 0.4) is 0 Å². The van der Waals surface area contributed by atoms with E-state index >= 15 is 0 Å². The highest BCUT2D eigenvalue weighted by Crippen LogP contribution is 1.77. The smallest absolute Gasteiger partial charge is 0.404 e. The van der Waals surface area contributed by atoms with Crippen LogP contribution in [-0.2, 0) is 9.47 Å². The molecule has 0 fully saturated rings. The molecule has 0 unspecified atom stereocenters. The summed E-state index contributed by atoms with van der Waals surface area (Å²) in [5.41, 5.74) is 5.18. The van der Waals surface area contributed by atoms with Crippen molar-refractivity contribution >= 4 is 6.09 Å². The molecule has 0 rings (SSSR count). The molecule has 0 aliphatic carbocycles. The minimum atomic E-state index is -1.04. The lowest BCUT2D eigenvalue weighted by Crippen LogP contribution is -2.25. The minimum absolute atomic E-state index is 0.298. The second-order valence-electron chi connectivity index (χ2n) is 2.25. The minimum Gasteiger partial charge on any atom is -0.465 e. The molecule has 6 heteroatoms. The van der Waals surface area contributed by atoms with E-state index in [0.29, 0.717) is 39.5 Å². The van der Waals surface area contributed by atoms with E-state index in [9.17, 15) is 4.79 Å². The fourth-order valence-electron chi connectivity index (χ4n) is 0.635. The molecular weight excluding hydrogens is 176 g/mol. The summed E-state index contributed by atoms with van der Waals surface area (Å²) in [7, 11) is 0. The Morgan fingerprint density at radius 2 is 1.85 bits per heavy atom. The van der Waals surface area contributed by atoms with E-state index in [1.54, 1.807) is 0 Å². The van der Waals surface area contributed by atoms with Crippen LogP contribution in [0.15, 0.2) is 0 Å². The third-order valence-corrected chi connectivity index (χ3v) is 1.16. The number of rotatable bonds is 8. The number of carboxylic acid groups (broad SMARTS) is 1. The van der Waals surface area contributed by atoms with Crippen molar-refractivity contribution in [3.05, 3.63) is 0 Å². The molecule has 0 aliphatic rings. The van der Waals surface area contributed by atoms with Gasteiger partial charge in [-0.2, -0.15) is 0 Å². The van der Waals surface area contributed by atoms with Crippen LogP contribution in [0.2, 0.25) is 0 Å². The Morgan fingerprint density at radius 3 is 2.38 bits per heavy atom. The van der Waals surface area contributed by atoms with Crippen LogP contribution in [0, 0.1) is 0 Å². The lowest BCUT2D eigenvalue weighted by Gasteiger charge is -2.04. The first kappa shape index (κ1) is 12.2. The van der Waals surface area contributed by atoms with Crippen LogP contribution in [0.5, 0.6) is 0 Å². The van der Waals surface area contributed by atoms with Gasteiger partial charge in [0, 0.05) is 13.1 Å². The fourth-order valence-corrected chi connectivity index (χ4v) is 0.635. The van der Waals surface area contributed by atoms with E-state index in [4.69, 9.17) is 20.3 Å². The molecule has 4 N–H and O–H groups in total. The van der Waals surface area contributed by atoms with Crippen LogP contribution in [0.25, 0.3) is 0 Å². The quantitative estimate of drug-likeness (QED) is 0.440. The zero-order valence-corrected chi connectivity index (χ0v) is 7.49. The van der Waals surface area contributed by atoms with Crippen molar-refractivity contribution in [1.29, 1.82) is 0 Å². The van der Waals surface area contributed by atoms with Crippen LogP contribution in [-0.4, -0.2) is 50.7 Å². The second-order valence-corrected chi connectivity index (χ2v) is 2.25. The Hall–Kier alpha value is -0.850. The summed E-state index contributed by atoms with van der Waals surface area (Å²) in [6.45, 7) is 2.63. The Balaban J connectivity index is 2.87. The second kappa shape index (κ2) is 9.24. The van der Waals surface area contributed by atoms with Crippen molar-refractivity contribution in [1.82, 2.24) is 5.32 Å². The molecule has 1 amide bonds. The molecule has 13 heavy (non-hydrogen) atoms. The maximum absolute atomic E-state index is 9.97. The first-order valence-corrected chi connectivity index (χ1v) is 4.09. The van der Waals surface area contributed by atoms with Crippen LogP contribution >= 0.6 is 0 Å². The Morgan fingerprint density at radius 1 is 1.23 bits per heavy atom. The van der Waals surface area contributed by atoms with E-state index in [0.717, 1.165) is 0 Å². The highest BCUT2D eigenvalue weighted by Gasteiger charge is 1.92. The number of hydrogen-bond acceptors (Lipinski definition) is 4. The monoisotopic (exact) mass is 192 g/mol. The number of carbonyl (C=O) groups is 1. The number of ether oxygens (including phenoxy) is 2. The number of amides is 1. The molecule has 0 heterocycles. The van der Waals surface area contributed by atoms with E-state index in [1.807, 2.05) is 0 Å². The highest BCUT2D eigenvalue weighted by molar-refractivity contribution is 5.64. The standard InChI is InChI=1S/C7H16N2O4/c8-1-3-12-5-6-13-4-2-9-7(10)11/h9H,1-6,8H2,(H,10,11). The molecule has 0 bridgehead atoms. The molecule has 6 nitrogen and oxygen atoms in total. The lowest BCUT2D eigenvalue weighted by molar-refractivity contribution is 0.0519. The van der Waals surface area contributed by atoms with Crippen molar-refractivity contribution in [3.63, 3.8) is 0 Å². The molecule has 0 aromatic heterocycles. The van der Waals surface area contributed by atoms with Gasteiger partial charge in [-0.25, -0.2) is 4.79 Å². The van der Waals surface area contributed by atoms with Gasteiger partial charge in [-0.15, -0.1) is 0 Å². The molecule has 0 aromatic rings. The highest BCUT2D eigenvalue weighted by atomic mass is 16.5. The molecule has 0 radical (unpaired) electrons. The fraction of sp³-hybridized carbons (Fsp3) is 0.857. The van der Waals surface area contributed by atoms with Gasteiger partial charge in [0.1, 0.15) is 0 Å². The SMILES string of the molecule is NCCOCCOCCNC(=O)O. The van der Waals surface area contributed by atoms with Gasteiger partial charge in [-0.05, 0) is 0 Å². The van der Waals surface area contributed by atoms with Crippen molar-refractivity contribution in [2.45, 2.75) is 0 Å². The molecule has 0 saturated heterocycles. The predicted octanol–water partition coefficient (Wildman–Crippen LogP) is -0.754. The van der Waals surface area contributed by atoms with E-state index in [-0.39, 0.29) is 0 Å². The number of nitrogens with two attached hydrogens (primary N) is 1. The number of hydrogen-bond donors (Lipinski definition) is 3. The van der Waals surface area contributed by atoms with Crippen molar-refractivity contribution in [2.24, 2.45) is 5.73 Å².